The summed E-state index contributed by atoms with van der Waals surface area (Å²) in [5.74, 6) is 2.12. The van der Waals surface area contributed by atoms with E-state index in [1.54, 1.807) is 22.6 Å². The molecule has 0 amide bonds. The number of anilines is 1. The number of fused-ring (bicyclic) bond motifs is 1. The first-order valence-corrected chi connectivity index (χ1v) is 7.45. The van der Waals surface area contributed by atoms with Gasteiger partial charge in [-0.2, -0.15) is 5.10 Å². The quantitative estimate of drug-likeness (QED) is 0.685. The Morgan fingerprint density at radius 3 is 2.81 bits per heavy atom. The summed E-state index contributed by atoms with van der Waals surface area (Å²) in [5, 5.41) is 20.5. The van der Waals surface area contributed by atoms with E-state index in [1.807, 2.05) is 14.0 Å². The second-order valence-electron chi connectivity index (χ2n) is 4.40. The van der Waals surface area contributed by atoms with Gasteiger partial charge in [0, 0.05) is 20.6 Å². The van der Waals surface area contributed by atoms with Crippen LogP contribution in [-0.4, -0.2) is 46.5 Å². The predicted molar refractivity (Wildman–Crippen MR) is 78.8 cm³/mol. The largest absolute Gasteiger partial charge is 0.370 e. The molecule has 21 heavy (non-hydrogen) atoms. The Balaban J connectivity index is 1.91. The van der Waals surface area contributed by atoms with Crippen molar-refractivity contribution in [3.8, 4) is 0 Å². The number of nitrogens with one attached hydrogen (secondary N) is 1. The minimum absolute atomic E-state index is 0.591. The molecule has 0 aromatic carbocycles. The van der Waals surface area contributed by atoms with Gasteiger partial charge in [-0.25, -0.2) is 14.6 Å². The summed E-state index contributed by atoms with van der Waals surface area (Å²) in [6.45, 7) is 2.82. The zero-order valence-corrected chi connectivity index (χ0v) is 12.8. The van der Waals surface area contributed by atoms with Gasteiger partial charge in [0.25, 0.3) is 0 Å². The fourth-order valence-corrected chi connectivity index (χ4v) is 2.61. The number of nitrogens with zero attached hydrogens (tertiary/aromatic N) is 8. The van der Waals surface area contributed by atoms with E-state index in [1.165, 1.54) is 11.8 Å². The third kappa shape index (κ3) is 2.66. The highest BCUT2D eigenvalue weighted by Gasteiger charge is 2.12. The highest BCUT2D eigenvalue weighted by molar-refractivity contribution is 7.98. The molecule has 0 saturated heterocycles. The first kappa shape index (κ1) is 13.7. The molecule has 0 fully saturated rings. The van der Waals surface area contributed by atoms with Crippen molar-refractivity contribution in [3.63, 3.8) is 0 Å². The molecule has 110 valence electrons. The van der Waals surface area contributed by atoms with Crippen LogP contribution in [0, 0.1) is 0 Å². The average molecular weight is 305 g/mol. The second-order valence-corrected chi connectivity index (χ2v) is 5.34. The lowest BCUT2D eigenvalue weighted by molar-refractivity contribution is 0.664. The van der Waals surface area contributed by atoms with Gasteiger partial charge in [0.15, 0.2) is 5.65 Å². The molecule has 3 rings (SSSR count). The second kappa shape index (κ2) is 5.64. The van der Waals surface area contributed by atoms with Crippen LogP contribution in [0.3, 0.4) is 0 Å². The Labute approximate surface area is 125 Å². The van der Waals surface area contributed by atoms with Crippen molar-refractivity contribution in [2.24, 2.45) is 14.1 Å². The molecule has 0 bridgehead atoms. The topological polar surface area (TPSA) is 99.2 Å². The third-order valence-corrected chi connectivity index (χ3v) is 3.90. The first-order valence-electron chi connectivity index (χ1n) is 6.46. The maximum Gasteiger partial charge on any atom is 0.209 e. The Morgan fingerprint density at radius 2 is 2.10 bits per heavy atom. The molecule has 0 unspecified atom stereocenters. The molecule has 0 radical (unpaired) electrons. The number of hydrogen-bond donors (Lipinski definition) is 1. The molecule has 1 N–H and O–H groups in total. The van der Waals surface area contributed by atoms with Crippen LogP contribution < -0.4 is 5.32 Å². The summed E-state index contributed by atoms with van der Waals surface area (Å²) in [6, 6.07) is 0. The number of hydrogen-bond acceptors (Lipinski definition) is 8. The van der Waals surface area contributed by atoms with Gasteiger partial charge in [0.05, 0.1) is 17.3 Å². The van der Waals surface area contributed by atoms with Crippen LogP contribution >= 0.6 is 11.8 Å². The van der Waals surface area contributed by atoms with Gasteiger partial charge in [0.2, 0.25) is 5.16 Å². The molecule has 0 aliphatic carbocycles. The number of aromatic nitrogens is 8. The van der Waals surface area contributed by atoms with Gasteiger partial charge in [0.1, 0.15) is 11.6 Å². The van der Waals surface area contributed by atoms with Gasteiger partial charge in [-0.15, -0.1) is 5.10 Å². The van der Waals surface area contributed by atoms with Gasteiger partial charge < -0.3 is 5.32 Å². The van der Waals surface area contributed by atoms with Crippen LogP contribution in [0.1, 0.15) is 12.7 Å². The third-order valence-electron chi connectivity index (χ3n) is 2.89. The van der Waals surface area contributed by atoms with Crippen molar-refractivity contribution in [1.82, 2.24) is 40.0 Å². The van der Waals surface area contributed by atoms with Crippen LogP contribution in [0.25, 0.3) is 11.0 Å². The van der Waals surface area contributed by atoms with E-state index in [-0.39, 0.29) is 0 Å². The molecular formula is C11H15N9S. The molecule has 0 spiro atoms. The molecule has 0 atom stereocenters. The van der Waals surface area contributed by atoms with E-state index in [0.717, 1.165) is 34.4 Å². The number of tetrazole rings is 1. The van der Waals surface area contributed by atoms with E-state index >= 15 is 0 Å². The van der Waals surface area contributed by atoms with E-state index in [0.29, 0.717) is 5.75 Å². The predicted octanol–water partition coefficient (Wildman–Crippen LogP) is 0.611. The van der Waals surface area contributed by atoms with Crippen molar-refractivity contribution in [2.45, 2.75) is 17.8 Å². The zero-order chi connectivity index (χ0) is 14.8. The molecule has 9 nitrogen and oxygen atoms in total. The van der Waals surface area contributed by atoms with Crippen LogP contribution in [0.5, 0.6) is 0 Å². The molecule has 10 heteroatoms. The van der Waals surface area contributed by atoms with Crippen molar-refractivity contribution < 1.29 is 0 Å². The Morgan fingerprint density at radius 1 is 1.24 bits per heavy atom. The van der Waals surface area contributed by atoms with Crippen LogP contribution in [-0.2, 0) is 19.8 Å². The SMILES string of the molecule is CCNc1nc(CSc2nnnn2C)nc2c1cnn2C. The number of thioether (sulfide) groups is 1. The van der Waals surface area contributed by atoms with Crippen molar-refractivity contribution >= 4 is 28.6 Å². The van der Waals surface area contributed by atoms with Crippen LogP contribution in [0.15, 0.2) is 11.4 Å². The lowest BCUT2D eigenvalue weighted by atomic mass is 10.4. The zero-order valence-electron chi connectivity index (χ0n) is 12.0. The van der Waals surface area contributed by atoms with E-state index in [2.05, 4.69) is 35.9 Å². The standard InChI is InChI=1S/C11H15N9S/c1-4-12-9-7-5-13-19(2)10(7)15-8(14-9)6-21-11-16-17-18-20(11)3/h5H,4,6H2,1-3H3,(H,12,14,15). The minimum Gasteiger partial charge on any atom is -0.370 e. The lowest BCUT2D eigenvalue weighted by Crippen LogP contribution is -2.05. The number of rotatable bonds is 5. The molecule has 0 aliphatic heterocycles. The Bertz CT molecular complexity index is 762. The van der Waals surface area contributed by atoms with Gasteiger partial charge >= 0.3 is 0 Å². The van der Waals surface area contributed by atoms with Crippen molar-refractivity contribution in [3.05, 3.63) is 12.0 Å². The maximum absolute atomic E-state index is 4.56. The van der Waals surface area contributed by atoms with E-state index in [9.17, 15) is 0 Å². The molecule has 3 aromatic heterocycles. The summed E-state index contributed by atoms with van der Waals surface area (Å²) < 4.78 is 3.37. The van der Waals surface area contributed by atoms with Gasteiger partial charge in [-0.1, -0.05) is 11.8 Å². The number of aryl methyl sites for hydroxylation is 2. The van der Waals surface area contributed by atoms with E-state index < -0.39 is 0 Å². The highest BCUT2D eigenvalue weighted by atomic mass is 32.2. The van der Waals surface area contributed by atoms with Gasteiger partial charge in [-0.05, 0) is 17.4 Å². The highest BCUT2D eigenvalue weighted by Crippen LogP contribution is 2.23. The minimum atomic E-state index is 0.591. The van der Waals surface area contributed by atoms with Crippen molar-refractivity contribution in [2.75, 3.05) is 11.9 Å². The molecular weight excluding hydrogens is 290 g/mol. The lowest BCUT2D eigenvalue weighted by Gasteiger charge is -2.06. The summed E-state index contributed by atoms with van der Waals surface area (Å²) in [5.41, 5.74) is 0.813. The maximum atomic E-state index is 4.56. The fourth-order valence-electron chi connectivity index (χ4n) is 1.91. The smallest absolute Gasteiger partial charge is 0.209 e. The molecule has 3 aromatic rings. The van der Waals surface area contributed by atoms with Gasteiger partial charge in [-0.3, -0.25) is 4.68 Å². The monoisotopic (exact) mass is 305 g/mol. The fraction of sp³-hybridized carbons (Fsp3) is 0.455. The Hall–Kier alpha value is -2.23. The first-order chi connectivity index (χ1) is 10.2. The van der Waals surface area contributed by atoms with Crippen LogP contribution in [0.4, 0.5) is 5.82 Å². The summed E-state index contributed by atoms with van der Waals surface area (Å²) >= 11 is 1.50. The normalized spacial score (nSPS) is 11.2. The summed E-state index contributed by atoms with van der Waals surface area (Å²) in [6.07, 6.45) is 1.77. The molecule has 0 aliphatic rings. The average Bonchev–Trinajstić information content (AvgIpc) is 3.04. The van der Waals surface area contributed by atoms with Crippen molar-refractivity contribution in [1.29, 1.82) is 0 Å². The Kier molecular flexibility index (Phi) is 3.69. The summed E-state index contributed by atoms with van der Waals surface area (Å²) in [7, 11) is 3.67. The van der Waals surface area contributed by atoms with Crippen LogP contribution in [0.2, 0.25) is 0 Å². The summed E-state index contributed by atoms with van der Waals surface area (Å²) in [4.78, 5) is 9.12. The van der Waals surface area contributed by atoms with E-state index in [4.69, 9.17) is 0 Å². The molecule has 3 heterocycles. The molecule has 0 saturated carbocycles.